The van der Waals surface area contributed by atoms with Crippen LogP contribution in [-0.4, -0.2) is 48.9 Å². The molecule has 1 amide bonds. The highest BCUT2D eigenvalue weighted by molar-refractivity contribution is 6.30. The van der Waals surface area contributed by atoms with Gasteiger partial charge in [-0.05, 0) is 18.6 Å². The van der Waals surface area contributed by atoms with E-state index in [1.807, 2.05) is 0 Å². The lowest BCUT2D eigenvalue weighted by Gasteiger charge is -2.31. The van der Waals surface area contributed by atoms with Crippen molar-refractivity contribution in [3.8, 4) is 0 Å². The van der Waals surface area contributed by atoms with Crippen LogP contribution in [0.25, 0.3) is 0 Å². The van der Waals surface area contributed by atoms with E-state index in [4.69, 9.17) is 26.2 Å². The Morgan fingerprint density at radius 1 is 1.42 bits per heavy atom. The quantitative estimate of drug-likeness (QED) is 0.749. The molecule has 2 N–H and O–H groups in total. The Labute approximate surface area is 141 Å². The zero-order valence-electron chi connectivity index (χ0n) is 12.6. The molecule has 0 aromatic heterocycles. The number of aliphatic carboxylic acids is 1. The standard InChI is InChI=1S/C15H16ClF2NO5/c16-9-1-2-10(17)8(15(9)18)5-13(20)19-11-6-23-4-3-12(11)24-7-14(21)22/h1-2,11-12H,3-7H2,(H,19,20)(H,21,22)/t11-,12+/m0/s1. The highest BCUT2D eigenvalue weighted by atomic mass is 35.5. The molecule has 132 valence electrons. The molecule has 1 fully saturated rings. The van der Waals surface area contributed by atoms with Crippen LogP contribution in [0.2, 0.25) is 5.02 Å². The van der Waals surface area contributed by atoms with Gasteiger partial charge < -0.3 is 19.9 Å². The van der Waals surface area contributed by atoms with Crippen molar-refractivity contribution in [2.24, 2.45) is 0 Å². The molecule has 0 unspecified atom stereocenters. The lowest BCUT2D eigenvalue weighted by Crippen LogP contribution is -2.51. The fourth-order valence-electron chi connectivity index (χ4n) is 2.38. The largest absolute Gasteiger partial charge is 0.480 e. The highest BCUT2D eigenvalue weighted by Crippen LogP contribution is 2.21. The third-order valence-corrected chi connectivity index (χ3v) is 3.83. The Balaban J connectivity index is 2.00. The van der Waals surface area contributed by atoms with Gasteiger partial charge in [-0.15, -0.1) is 0 Å². The van der Waals surface area contributed by atoms with Crippen molar-refractivity contribution in [2.45, 2.75) is 25.0 Å². The number of carbonyl (C=O) groups excluding carboxylic acids is 1. The second kappa shape index (κ2) is 8.36. The van der Waals surface area contributed by atoms with Gasteiger partial charge in [-0.2, -0.15) is 0 Å². The summed E-state index contributed by atoms with van der Waals surface area (Å²) in [6, 6.07) is 1.45. The predicted octanol–water partition coefficient (Wildman–Crippen LogP) is 1.54. The number of carboxylic acid groups (broad SMARTS) is 1. The first-order valence-electron chi connectivity index (χ1n) is 7.21. The van der Waals surface area contributed by atoms with E-state index in [9.17, 15) is 18.4 Å². The van der Waals surface area contributed by atoms with Crippen LogP contribution in [0.3, 0.4) is 0 Å². The smallest absolute Gasteiger partial charge is 0.329 e. The molecule has 1 aliphatic rings. The number of amides is 1. The molecule has 24 heavy (non-hydrogen) atoms. The van der Waals surface area contributed by atoms with Crippen LogP contribution in [0.5, 0.6) is 0 Å². The van der Waals surface area contributed by atoms with Gasteiger partial charge >= 0.3 is 5.97 Å². The summed E-state index contributed by atoms with van der Waals surface area (Å²) in [5.41, 5.74) is -0.431. The van der Waals surface area contributed by atoms with Gasteiger partial charge in [0.15, 0.2) is 0 Å². The maximum Gasteiger partial charge on any atom is 0.329 e. The van der Waals surface area contributed by atoms with Crippen LogP contribution >= 0.6 is 11.6 Å². The molecule has 1 saturated heterocycles. The molecular formula is C15H16ClF2NO5. The summed E-state index contributed by atoms with van der Waals surface area (Å²) in [7, 11) is 0. The van der Waals surface area contributed by atoms with Crippen molar-refractivity contribution in [3.05, 3.63) is 34.4 Å². The molecule has 9 heteroatoms. The topological polar surface area (TPSA) is 84.9 Å². The van der Waals surface area contributed by atoms with Crippen molar-refractivity contribution >= 4 is 23.5 Å². The fourth-order valence-corrected chi connectivity index (χ4v) is 2.56. The average molecular weight is 364 g/mol. The van der Waals surface area contributed by atoms with Crippen molar-refractivity contribution in [2.75, 3.05) is 19.8 Å². The highest BCUT2D eigenvalue weighted by Gasteiger charge is 2.29. The molecule has 0 aliphatic carbocycles. The Bertz CT molecular complexity index is 628. The molecule has 2 rings (SSSR count). The van der Waals surface area contributed by atoms with Crippen molar-refractivity contribution in [1.82, 2.24) is 5.32 Å². The number of benzene rings is 1. The normalized spacial score (nSPS) is 20.6. The van der Waals surface area contributed by atoms with Gasteiger partial charge in [-0.25, -0.2) is 13.6 Å². The first-order chi connectivity index (χ1) is 11.4. The van der Waals surface area contributed by atoms with Crippen LogP contribution in [0.1, 0.15) is 12.0 Å². The molecule has 1 heterocycles. The number of nitrogens with one attached hydrogen (secondary N) is 1. The summed E-state index contributed by atoms with van der Waals surface area (Å²) in [5, 5.41) is 10.9. The summed E-state index contributed by atoms with van der Waals surface area (Å²) in [6.45, 7) is -0.0146. The Morgan fingerprint density at radius 2 is 2.17 bits per heavy atom. The first kappa shape index (κ1) is 18.6. The van der Waals surface area contributed by atoms with Gasteiger partial charge in [-0.3, -0.25) is 4.79 Å². The molecule has 0 radical (unpaired) electrons. The SMILES string of the molecule is O=C(O)CO[C@@H]1CCOC[C@@H]1NC(=O)Cc1c(F)ccc(Cl)c1F. The third-order valence-electron chi connectivity index (χ3n) is 3.54. The van der Waals surface area contributed by atoms with E-state index < -0.39 is 54.2 Å². The molecular weight excluding hydrogens is 348 g/mol. The number of carbonyl (C=O) groups is 2. The lowest BCUT2D eigenvalue weighted by atomic mass is 10.1. The van der Waals surface area contributed by atoms with Gasteiger partial charge in [0.05, 0.1) is 30.2 Å². The van der Waals surface area contributed by atoms with Gasteiger partial charge in [0.1, 0.15) is 18.2 Å². The molecule has 6 nitrogen and oxygen atoms in total. The Morgan fingerprint density at radius 3 is 2.88 bits per heavy atom. The molecule has 1 aliphatic heterocycles. The monoisotopic (exact) mass is 363 g/mol. The number of hydrogen-bond acceptors (Lipinski definition) is 4. The van der Waals surface area contributed by atoms with E-state index in [2.05, 4.69) is 5.32 Å². The summed E-state index contributed by atoms with van der Waals surface area (Å²) < 4.78 is 37.9. The fraction of sp³-hybridized carbons (Fsp3) is 0.467. The zero-order chi connectivity index (χ0) is 17.7. The molecule has 1 aromatic rings. The maximum atomic E-state index is 13.8. The molecule has 0 spiro atoms. The third kappa shape index (κ3) is 4.86. The number of hydrogen-bond donors (Lipinski definition) is 2. The molecule has 0 bridgehead atoms. The lowest BCUT2D eigenvalue weighted by molar-refractivity contribution is -0.148. The van der Waals surface area contributed by atoms with Gasteiger partial charge in [0, 0.05) is 12.2 Å². The van der Waals surface area contributed by atoms with Crippen LogP contribution in [0, 0.1) is 11.6 Å². The minimum atomic E-state index is -1.13. The summed E-state index contributed by atoms with van der Waals surface area (Å²) in [6.07, 6.45) is -0.689. The van der Waals surface area contributed by atoms with E-state index >= 15 is 0 Å². The van der Waals surface area contributed by atoms with Gasteiger partial charge in [0.25, 0.3) is 0 Å². The van der Waals surface area contributed by atoms with Crippen LogP contribution in [0.4, 0.5) is 8.78 Å². The van der Waals surface area contributed by atoms with E-state index in [0.29, 0.717) is 13.0 Å². The van der Waals surface area contributed by atoms with Crippen molar-refractivity contribution in [3.63, 3.8) is 0 Å². The van der Waals surface area contributed by atoms with Crippen molar-refractivity contribution in [1.29, 1.82) is 0 Å². The average Bonchev–Trinajstić information content (AvgIpc) is 2.54. The number of halogens is 3. The number of rotatable bonds is 6. The van der Waals surface area contributed by atoms with Crippen LogP contribution in [0.15, 0.2) is 12.1 Å². The van der Waals surface area contributed by atoms with E-state index in [1.165, 1.54) is 0 Å². The summed E-state index contributed by atoms with van der Waals surface area (Å²) in [4.78, 5) is 22.6. The van der Waals surface area contributed by atoms with Crippen LogP contribution in [-0.2, 0) is 25.5 Å². The minimum absolute atomic E-state index is 0.122. The number of ether oxygens (including phenoxy) is 2. The van der Waals surface area contributed by atoms with Crippen LogP contribution < -0.4 is 5.32 Å². The predicted molar refractivity (Wildman–Crippen MR) is 79.8 cm³/mol. The van der Waals surface area contributed by atoms with Gasteiger partial charge in [-0.1, -0.05) is 11.6 Å². The zero-order valence-corrected chi connectivity index (χ0v) is 13.3. The van der Waals surface area contributed by atoms with E-state index in [-0.39, 0.29) is 11.6 Å². The van der Waals surface area contributed by atoms with Gasteiger partial charge in [0.2, 0.25) is 5.91 Å². The Kier molecular flexibility index (Phi) is 6.47. The van der Waals surface area contributed by atoms with E-state index in [0.717, 1.165) is 12.1 Å². The summed E-state index contributed by atoms with van der Waals surface area (Å²) >= 11 is 5.59. The number of carboxylic acids is 1. The maximum absolute atomic E-state index is 13.8. The Hall–Kier alpha value is -1.77. The second-order valence-electron chi connectivity index (χ2n) is 5.28. The first-order valence-corrected chi connectivity index (χ1v) is 7.59. The molecule has 1 aromatic carbocycles. The van der Waals surface area contributed by atoms with E-state index in [1.54, 1.807) is 0 Å². The molecule has 2 atom stereocenters. The minimum Gasteiger partial charge on any atom is -0.480 e. The second-order valence-corrected chi connectivity index (χ2v) is 5.69. The van der Waals surface area contributed by atoms with Crippen molar-refractivity contribution < 1.29 is 33.0 Å². The molecule has 0 saturated carbocycles. The summed E-state index contributed by atoms with van der Waals surface area (Å²) in [5.74, 6) is -3.62.